The zero-order valence-electron chi connectivity index (χ0n) is 18.7. The first-order valence-electron chi connectivity index (χ1n) is 11.6. The second-order valence-corrected chi connectivity index (χ2v) is 8.82. The summed E-state index contributed by atoms with van der Waals surface area (Å²) in [6.45, 7) is 3.50. The van der Waals surface area contributed by atoms with Crippen molar-refractivity contribution in [1.82, 2.24) is 24.3 Å². The molecule has 2 aromatic heterocycles. The Kier molecular flexibility index (Phi) is 5.66. The first-order chi connectivity index (χ1) is 16.0. The molecule has 2 amide bonds. The van der Waals surface area contributed by atoms with Crippen molar-refractivity contribution < 1.29 is 9.59 Å². The third kappa shape index (κ3) is 3.90. The van der Waals surface area contributed by atoms with Gasteiger partial charge in [-0.25, -0.2) is 9.97 Å². The van der Waals surface area contributed by atoms with Gasteiger partial charge in [0, 0.05) is 44.0 Å². The Labute approximate surface area is 191 Å². The van der Waals surface area contributed by atoms with Crippen LogP contribution in [-0.4, -0.2) is 62.3 Å². The van der Waals surface area contributed by atoms with Gasteiger partial charge >= 0.3 is 0 Å². The van der Waals surface area contributed by atoms with E-state index in [1.54, 1.807) is 32.7 Å². The molecule has 170 valence electrons. The maximum atomic E-state index is 13.4. The summed E-state index contributed by atoms with van der Waals surface area (Å²) in [4.78, 5) is 51.9. The molecule has 5 rings (SSSR count). The van der Waals surface area contributed by atoms with Gasteiger partial charge in [-0.05, 0) is 43.5 Å². The van der Waals surface area contributed by atoms with Crippen molar-refractivity contribution in [2.45, 2.75) is 38.6 Å². The Balaban J connectivity index is 1.39. The van der Waals surface area contributed by atoms with Crippen LogP contribution in [0.1, 0.15) is 58.1 Å². The van der Waals surface area contributed by atoms with Gasteiger partial charge in [0.05, 0.1) is 0 Å². The molecule has 8 nitrogen and oxygen atoms in total. The van der Waals surface area contributed by atoms with Crippen LogP contribution in [0.5, 0.6) is 0 Å². The number of nitrogens with zero attached hydrogens (tertiary/aromatic N) is 5. The molecule has 3 aromatic rings. The highest BCUT2D eigenvalue weighted by Crippen LogP contribution is 2.30. The Bertz CT molecular complexity index is 1270. The monoisotopic (exact) mass is 445 g/mol. The molecule has 1 aliphatic carbocycles. The van der Waals surface area contributed by atoms with Crippen LogP contribution in [0.4, 0.5) is 0 Å². The van der Waals surface area contributed by atoms with Crippen LogP contribution in [0.2, 0.25) is 0 Å². The summed E-state index contributed by atoms with van der Waals surface area (Å²) in [5.74, 6) is -0.404. The van der Waals surface area contributed by atoms with E-state index in [0.29, 0.717) is 42.9 Å². The Hall–Kier alpha value is -3.55. The quantitative estimate of drug-likeness (QED) is 0.619. The minimum absolute atomic E-state index is 0.0290. The van der Waals surface area contributed by atoms with Gasteiger partial charge in [-0.2, -0.15) is 0 Å². The molecule has 1 aromatic carbocycles. The number of amides is 2. The maximum Gasteiger partial charge on any atom is 0.284 e. The van der Waals surface area contributed by atoms with E-state index in [-0.39, 0.29) is 29.1 Å². The molecule has 0 bridgehead atoms. The fourth-order valence-corrected chi connectivity index (χ4v) is 4.93. The number of aryl methyl sites for hydroxylation is 1. The van der Waals surface area contributed by atoms with Gasteiger partial charge < -0.3 is 9.80 Å². The van der Waals surface area contributed by atoms with Crippen molar-refractivity contribution in [1.29, 1.82) is 0 Å². The Morgan fingerprint density at radius 1 is 0.909 bits per heavy atom. The molecule has 1 saturated carbocycles. The minimum atomic E-state index is -0.375. The number of carbonyl (C=O) groups is 2. The van der Waals surface area contributed by atoms with Gasteiger partial charge in [0.1, 0.15) is 5.52 Å². The smallest absolute Gasteiger partial charge is 0.284 e. The number of carbonyl (C=O) groups excluding carboxylic acids is 2. The van der Waals surface area contributed by atoms with E-state index in [4.69, 9.17) is 0 Å². The first kappa shape index (κ1) is 21.3. The number of fused-ring (bicyclic) bond motifs is 1. The molecule has 1 aliphatic heterocycles. The SMILES string of the molecule is Cc1ccccc1C(=O)N1CCN(C(=O)c2nc3cccnc3n(C3CCCC3)c2=O)CC1. The Morgan fingerprint density at radius 3 is 2.27 bits per heavy atom. The predicted octanol–water partition coefficient (Wildman–Crippen LogP) is 2.81. The lowest BCUT2D eigenvalue weighted by molar-refractivity contribution is 0.0530. The highest BCUT2D eigenvalue weighted by atomic mass is 16.2. The van der Waals surface area contributed by atoms with Crippen LogP contribution in [0.15, 0.2) is 47.4 Å². The standard InChI is InChI=1S/C25H27N5O3/c1-17-7-2-5-10-19(17)23(31)28-13-15-29(16-14-28)24(32)21-25(33)30(18-8-3-4-9-18)22-20(27-21)11-6-12-26-22/h2,5-7,10-12,18H,3-4,8-9,13-16H2,1H3. The summed E-state index contributed by atoms with van der Waals surface area (Å²) in [7, 11) is 0. The molecular formula is C25H27N5O3. The third-order valence-corrected chi connectivity index (χ3v) is 6.77. The van der Waals surface area contributed by atoms with Crippen LogP contribution < -0.4 is 5.56 Å². The maximum absolute atomic E-state index is 13.4. The molecule has 33 heavy (non-hydrogen) atoms. The molecule has 8 heteroatoms. The van der Waals surface area contributed by atoms with Crippen LogP contribution in [-0.2, 0) is 0 Å². The number of hydrogen-bond acceptors (Lipinski definition) is 5. The average molecular weight is 446 g/mol. The van der Waals surface area contributed by atoms with Crippen molar-refractivity contribution in [3.05, 3.63) is 69.8 Å². The summed E-state index contributed by atoms with van der Waals surface area (Å²) in [5.41, 5.74) is 2.29. The van der Waals surface area contributed by atoms with Crippen molar-refractivity contribution in [3.8, 4) is 0 Å². The van der Waals surface area contributed by atoms with Crippen molar-refractivity contribution >= 4 is 23.0 Å². The fourth-order valence-electron chi connectivity index (χ4n) is 4.93. The number of aromatic nitrogens is 3. The van der Waals surface area contributed by atoms with Crippen LogP contribution in [0.3, 0.4) is 0 Å². The molecule has 2 fully saturated rings. The highest BCUT2D eigenvalue weighted by molar-refractivity contribution is 5.96. The molecular weight excluding hydrogens is 418 g/mol. The summed E-state index contributed by atoms with van der Waals surface area (Å²) in [6, 6.07) is 11.1. The van der Waals surface area contributed by atoms with Gasteiger partial charge in [0.2, 0.25) is 0 Å². The number of pyridine rings is 1. The number of hydrogen-bond donors (Lipinski definition) is 0. The minimum Gasteiger partial charge on any atom is -0.335 e. The third-order valence-electron chi connectivity index (χ3n) is 6.77. The fraction of sp³-hybridized carbons (Fsp3) is 0.400. The lowest BCUT2D eigenvalue weighted by atomic mass is 10.1. The van der Waals surface area contributed by atoms with E-state index in [2.05, 4.69) is 9.97 Å². The van der Waals surface area contributed by atoms with E-state index < -0.39 is 0 Å². The van der Waals surface area contributed by atoms with Gasteiger partial charge in [-0.1, -0.05) is 31.0 Å². The molecule has 0 unspecified atom stereocenters. The van der Waals surface area contributed by atoms with Crippen molar-refractivity contribution in [2.75, 3.05) is 26.2 Å². The molecule has 0 radical (unpaired) electrons. The van der Waals surface area contributed by atoms with E-state index >= 15 is 0 Å². The van der Waals surface area contributed by atoms with Crippen LogP contribution in [0, 0.1) is 6.92 Å². The van der Waals surface area contributed by atoms with E-state index in [1.807, 2.05) is 31.2 Å². The number of rotatable bonds is 3. The largest absolute Gasteiger partial charge is 0.335 e. The van der Waals surface area contributed by atoms with E-state index in [9.17, 15) is 14.4 Å². The van der Waals surface area contributed by atoms with Gasteiger partial charge in [0.25, 0.3) is 17.4 Å². The van der Waals surface area contributed by atoms with Gasteiger partial charge in [0.15, 0.2) is 11.3 Å². The zero-order chi connectivity index (χ0) is 22.9. The van der Waals surface area contributed by atoms with Crippen LogP contribution >= 0.6 is 0 Å². The van der Waals surface area contributed by atoms with E-state index in [0.717, 1.165) is 31.2 Å². The number of benzene rings is 1. The highest BCUT2D eigenvalue weighted by Gasteiger charge is 2.30. The summed E-state index contributed by atoms with van der Waals surface area (Å²) >= 11 is 0. The van der Waals surface area contributed by atoms with E-state index in [1.165, 1.54) is 0 Å². The Morgan fingerprint density at radius 2 is 1.58 bits per heavy atom. The molecule has 0 N–H and O–H groups in total. The molecule has 0 atom stereocenters. The van der Waals surface area contributed by atoms with Gasteiger partial charge in [-0.3, -0.25) is 19.0 Å². The average Bonchev–Trinajstić information content (AvgIpc) is 3.38. The summed E-state index contributed by atoms with van der Waals surface area (Å²) < 4.78 is 1.68. The normalized spacial score (nSPS) is 17.0. The lowest BCUT2D eigenvalue weighted by Crippen LogP contribution is -2.52. The second-order valence-electron chi connectivity index (χ2n) is 8.82. The first-order valence-corrected chi connectivity index (χ1v) is 11.6. The van der Waals surface area contributed by atoms with Crippen LogP contribution in [0.25, 0.3) is 11.2 Å². The van der Waals surface area contributed by atoms with Crippen molar-refractivity contribution in [2.24, 2.45) is 0 Å². The summed E-state index contributed by atoms with van der Waals surface area (Å²) in [6.07, 6.45) is 5.59. The predicted molar refractivity (Wildman–Crippen MR) is 124 cm³/mol. The number of piperazine rings is 1. The molecule has 2 aliphatic rings. The topological polar surface area (TPSA) is 88.4 Å². The van der Waals surface area contributed by atoms with Gasteiger partial charge in [-0.15, -0.1) is 0 Å². The lowest BCUT2D eigenvalue weighted by Gasteiger charge is -2.34. The molecule has 0 spiro atoms. The zero-order valence-corrected chi connectivity index (χ0v) is 18.7. The molecule has 3 heterocycles. The summed E-state index contributed by atoms with van der Waals surface area (Å²) in [5, 5.41) is 0. The second kappa shape index (κ2) is 8.77. The van der Waals surface area contributed by atoms with Crippen molar-refractivity contribution in [3.63, 3.8) is 0 Å². The molecule has 1 saturated heterocycles.